The van der Waals surface area contributed by atoms with Crippen LogP contribution < -0.4 is 16.1 Å². The van der Waals surface area contributed by atoms with Crippen molar-refractivity contribution in [2.45, 2.75) is 6.92 Å². The third-order valence-electron chi connectivity index (χ3n) is 2.44. The van der Waals surface area contributed by atoms with Gasteiger partial charge in [-0.2, -0.15) is 5.10 Å². The third kappa shape index (κ3) is 3.37. The van der Waals surface area contributed by atoms with Crippen molar-refractivity contribution < 1.29 is 10.0 Å². The molecular formula is C11H9N6O4-. The van der Waals surface area contributed by atoms with Crippen LogP contribution in [-0.4, -0.2) is 26.3 Å². The van der Waals surface area contributed by atoms with Gasteiger partial charge in [-0.25, -0.2) is 5.43 Å². The summed E-state index contributed by atoms with van der Waals surface area (Å²) in [5, 5.41) is 33.0. The lowest BCUT2D eigenvalue weighted by Crippen LogP contribution is -2.15. The summed E-state index contributed by atoms with van der Waals surface area (Å²) in [4.78, 5) is 23.6. The summed E-state index contributed by atoms with van der Waals surface area (Å²) in [5.41, 5.74) is 1.94. The molecule has 0 saturated heterocycles. The van der Waals surface area contributed by atoms with E-state index in [1.165, 1.54) is 6.92 Å². The Morgan fingerprint density at radius 3 is 2.86 bits per heavy atom. The number of benzene rings is 1. The fourth-order valence-corrected chi connectivity index (χ4v) is 1.36. The van der Waals surface area contributed by atoms with Gasteiger partial charge in [-0.15, -0.1) is 10.2 Å². The van der Waals surface area contributed by atoms with E-state index in [4.69, 9.17) is 0 Å². The van der Waals surface area contributed by atoms with Crippen LogP contribution in [0.4, 0.5) is 11.6 Å². The van der Waals surface area contributed by atoms with Gasteiger partial charge in [0.1, 0.15) is 5.69 Å². The fraction of sp³-hybridized carbons (Fsp3) is 0.0909. The zero-order chi connectivity index (χ0) is 15.4. The molecular weight excluding hydrogens is 280 g/mol. The highest BCUT2D eigenvalue weighted by Gasteiger charge is 2.05. The topological polar surface area (TPSA) is 149 Å². The molecule has 10 nitrogen and oxygen atoms in total. The molecule has 0 fully saturated rings. The van der Waals surface area contributed by atoms with E-state index >= 15 is 0 Å². The molecule has 0 spiro atoms. The molecule has 0 amide bonds. The van der Waals surface area contributed by atoms with Gasteiger partial charge in [0.15, 0.2) is 0 Å². The Bertz CT molecular complexity index is 770. The van der Waals surface area contributed by atoms with E-state index in [9.17, 15) is 20.0 Å². The first-order chi connectivity index (χ1) is 9.97. The molecule has 21 heavy (non-hydrogen) atoms. The smallest absolute Gasteiger partial charge is 0.274 e. The normalized spacial score (nSPS) is 10.7. The summed E-state index contributed by atoms with van der Waals surface area (Å²) < 4.78 is 0. The summed E-state index contributed by atoms with van der Waals surface area (Å²) in [7, 11) is 0. The number of hydrogen-bond donors (Lipinski definition) is 2. The number of aromatic nitrogens is 3. The lowest BCUT2D eigenvalue weighted by molar-refractivity contribution is -0.385. The fourth-order valence-electron chi connectivity index (χ4n) is 1.36. The molecule has 108 valence electrons. The number of nitrogens with zero attached hydrogens (tertiary/aromatic N) is 4. The van der Waals surface area contributed by atoms with E-state index in [2.05, 4.69) is 25.7 Å². The second kappa shape index (κ2) is 5.77. The predicted molar refractivity (Wildman–Crippen MR) is 71.1 cm³/mol. The Kier molecular flexibility index (Phi) is 3.88. The van der Waals surface area contributed by atoms with Crippen molar-refractivity contribution in [2.24, 2.45) is 5.10 Å². The lowest BCUT2D eigenvalue weighted by atomic mass is 10.2. The number of rotatable bonds is 4. The van der Waals surface area contributed by atoms with Gasteiger partial charge in [0.2, 0.25) is 5.95 Å². The van der Waals surface area contributed by atoms with Crippen molar-refractivity contribution in [3.8, 4) is 5.75 Å². The van der Waals surface area contributed by atoms with Gasteiger partial charge in [0.25, 0.3) is 11.2 Å². The maximum atomic E-state index is 11.5. The maximum Gasteiger partial charge on any atom is 0.274 e. The van der Waals surface area contributed by atoms with Crippen LogP contribution in [0.25, 0.3) is 0 Å². The van der Waals surface area contributed by atoms with Crippen LogP contribution in [0.2, 0.25) is 0 Å². The Morgan fingerprint density at radius 1 is 1.43 bits per heavy atom. The van der Waals surface area contributed by atoms with Crippen LogP contribution in [0.3, 0.4) is 0 Å². The molecule has 2 aromatic rings. The molecule has 0 bridgehead atoms. The molecule has 0 aliphatic rings. The quantitative estimate of drug-likeness (QED) is 0.453. The number of H-pyrrole nitrogens is 1. The first kappa shape index (κ1) is 14.1. The van der Waals surface area contributed by atoms with E-state index in [1.807, 2.05) is 0 Å². The number of aromatic amines is 1. The van der Waals surface area contributed by atoms with Gasteiger partial charge in [-0.1, -0.05) is 11.8 Å². The maximum absolute atomic E-state index is 11.5. The van der Waals surface area contributed by atoms with E-state index in [0.717, 1.165) is 24.4 Å². The molecule has 1 aromatic carbocycles. The molecule has 10 heteroatoms. The van der Waals surface area contributed by atoms with E-state index in [0.29, 0.717) is 0 Å². The van der Waals surface area contributed by atoms with Crippen molar-refractivity contribution in [1.82, 2.24) is 15.2 Å². The molecule has 2 N–H and O–H groups in total. The highest BCUT2D eigenvalue weighted by molar-refractivity contribution is 5.84. The average Bonchev–Trinajstić information content (AvgIpc) is 2.44. The largest absolute Gasteiger partial charge is 0.872 e. The summed E-state index contributed by atoms with van der Waals surface area (Å²) in [6.45, 7) is 1.49. The summed E-state index contributed by atoms with van der Waals surface area (Å²) in [5.74, 6) is -0.436. The van der Waals surface area contributed by atoms with Crippen LogP contribution in [0.5, 0.6) is 5.75 Å². The average molecular weight is 289 g/mol. The summed E-state index contributed by atoms with van der Waals surface area (Å²) in [6.07, 6.45) is 1.09. The molecule has 0 aliphatic heterocycles. The van der Waals surface area contributed by atoms with Gasteiger partial charge >= 0.3 is 0 Å². The predicted octanol–water partition coefficient (Wildman–Crippen LogP) is -0.0989. The third-order valence-corrected chi connectivity index (χ3v) is 2.44. The first-order valence-electron chi connectivity index (χ1n) is 5.65. The number of nitro groups is 1. The van der Waals surface area contributed by atoms with Crippen LogP contribution in [-0.2, 0) is 0 Å². The number of non-ortho nitro benzene ring substituents is 1. The van der Waals surface area contributed by atoms with E-state index < -0.39 is 16.2 Å². The second-order valence-corrected chi connectivity index (χ2v) is 3.94. The lowest BCUT2D eigenvalue weighted by Gasteiger charge is -2.08. The molecule has 0 radical (unpaired) electrons. The van der Waals surface area contributed by atoms with Crippen molar-refractivity contribution in [3.63, 3.8) is 0 Å². The molecule has 1 aromatic heterocycles. The van der Waals surface area contributed by atoms with Crippen molar-refractivity contribution >= 4 is 17.9 Å². The van der Waals surface area contributed by atoms with Gasteiger partial charge in [-0.05, 0) is 12.5 Å². The molecule has 1 heterocycles. The minimum atomic E-state index is -0.618. The van der Waals surface area contributed by atoms with Crippen LogP contribution >= 0.6 is 0 Å². The second-order valence-electron chi connectivity index (χ2n) is 3.94. The number of hydrogen-bond acceptors (Lipinski definition) is 8. The van der Waals surface area contributed by atoms with Gasteiger partial charge in [0, 0.05) is 12.1 Å². The molecule has 2 rings (SSSR count). The van der Waals surface area contributed by atoms with Crippen molar-refractivity contribution in [2.75, 3.05) is 5.43 Å². The summed E-state index contributed by atoms with van der Waals surface area (Å²) in [6, 6.07) is 3.28. The number of aryl methyl sites for hydroxylation is 1. The van der Waals surface area contributed by atoms with Crippen molar-refractivity contribution in [3.05, 3.63) is 49.9 Å². The Morgan fingerprint density at radius 2 is 2.19 bits per heavy atom. The SMILES string of the molecule is Cc1nnc(NN=Cc2cc([N+](=O)[O-])ccc2[O-])[nH]c1=O. The standard InChI is InChI=1S/C11H10N6O4/c1-6-10(19)13-11(16-14-6)15-12-5-7-4-8(17(20)21)2-3-9(7)18/h2-5,18H,1H3,(H2,13,15,16,19)/p-1. The van der Waals surface area contributed by atoms with Crippen molar-refractivity contribution in [1.29, 1.82) is 0 Å². The van der Waals surface area contributed by atoms with E-state index in [-0.39, 0.29) is 22.9 Å². The molecule has 0 atom stereocenters. The molecule has 0 unspecified atom stereocenters. The zero-order valence-corrected chi connectivity index (χ0v) is 10.7. The Hall–Kier alpha value is -3.30. The highest BCUT2D eigenvalue weighted by atomic mass is 16.6. The Labute approximate surface area is 117 Å². The molecule has 0 aliphatic carbocycles. The van der Waals surface area contributed by atoms with Gasteiger partial charge in [-0.3, -0.25) is 19.9 Å². The van der Waals surface area contributed by atoms with E-state index in [1.54, 1.807) is 0 Å². The molecule has 0 saturated carbocycles. The van der Waals surface area contributed by atoms with Crippen LogP contribution in [0.15, 0.2) is 28.1 Å². The van der Waals surface area contributed by atoms with Gasteiger partial charge < -0.3 is 5.11 Å². The van der Waals surface area contributed by atoms with Gasteiger partial charge in [0.05, 0.1) is 11.1 Å². The zero-order valence-electron chi connectivity index (χ0n) is 10.7. The Balaban J connectivity index is 2.17. The highest BCUT2D eigenvalue weighted by Crippen LogP contribution is 2.19. The number of anilines is 1. The number of nitrogens with one attached hydrogen (secondary N) is 2. The number of hydrazone groups is 1. The van der Waals surface area contributed by atoms with Crippen LogP contribution in [0.1, 0.15) is 11.3 Å². The minimum absolute atomic E-state index is 0.0141. The summed E-state index contributed by atoms with van der Waals surface area (Å²) >= 11 is 0. The minimum Gasteiger partial charge on any atom is -0.872 e. The van der Waals surface area contributed by atoms with Crippen LogP contribution in [0, 0.1) is 17.0 Å². The monoisotopic (exact) mass is 289 g/mol. The first-order valence-corrected chi connectivity index (χ1v) is 5.65. The number of nitro benzene ring substituents is 1.